The molecule has 0 fully saturated rings. The number of anilines is 1. The van der Waals surface area contributed by atoms with Gasteiger partial charge in [0, 0.05) is 11.6 Å². The summed E-state index contributed by atoms with van der Waals surface area (Å²) < 4.78 is 25.6. The summed E-state index contributed by atoms with van der Waals surface area (Å²) in [6.45, 7) is 6.20. The van der Waals surface area contributed by atoms with E-state index >= 15 is 0 Å². The molecule has 0 aliphatic carbocycles. The highest BCUT2D eigenvalue weighted by Crippen LogP contribution is 2.27. The summed E-state index contributed by atoms with van der Waals surface area (Å²) in [7, 11) is -3.42. The first-order valence-electron chi connectivity index (χ1n) is 9.56. The van der Waals surface area contributed by atoms with Crippen LogP contribution in [-0.4, -0.2) is 45.1 Å². The maximum absolute atomic E-state index is 12.6. The van der Waals surface area contributed by atoms with E-state index < -0.39 is 10.0 Å². The summed E-state index contributed by atoms with van der Waals surface area (Å²) in [4.78, 5) is 14.8. The summed E-state index contributed by atoms with van der Waals surface area (Å²) in [6.07, 6.45) is 1.16. The molecule has 0 spiro atoms. The highest BCUT2D eigenvalue weighted by atomic mass is 35.5. The lowest BCUT2D eigenvalue weighted by molar-refractivity contribution is -0.120. The van der Waals surface area contributed by atoms with Crippen molar-refractivity contribution in [1.82, 2.24) is 10.2 Å². The molecule has 0 aromatic heterocycles. The van der Waals surface area contributed by atoms with Gasteiger partial charge >= 0.3 is 0 Å². The Morgan fingerprint density at radius 3 is 2.31 bits per heavy atom. The lowest BCUT2D eigenvalue weighted by Crippen LogP contribution is -2.38. The van der Waals surface area contributed by atoms with Crippen molar-refractivity contribution in [3.05, 3.63) is 64.7 Å². The number of likely N-dealkylation sites (N-methyl/N-ethyl adjacent to an activating group) is 1. The topological polar surface area (TPSA) is 78.5 Å². The molecule has 2 aromatic carbocycles. The Labute approximate surface area is 178 Å². The third-order valence-corrected chi connectivity index (χ3v) is 5.61. The van der Waals surface area contributed by atoms with E-state index in [2.05, 4.69) is 28.8 Å². The molecule has 0 saturated heterocycles. The molecule has 2 N–H and O–H groups in total. The largest absolute Gasteiger partial charge is 0.354 e. The zero-order chi connectivity index (χ0) is 21.4. The van der Waals surface area contributed by atoms with Gasteiger partial charge in [-0.2, -0.15) is 0 Å². The molecule has 1 atom stereocenters. The highest BCUT2D eigenvalue weighted by Gasteiger charge is 2.21. The van der Waals surface area contributed by atoms with Crippen LogP contribution in [-0.2, 0) is 21.2 Å². The fourth-order valence-corrected chi connectivity index (χ4v) is 4.13. The van der Waals surface area contributed by atoms with Gasteiger partial charge in [0.2, 0.25) is 15.9 Å². The van der Waals surface area contributed by atoms with Crippen molar-refractivity contribution in [2.45, 2.75) is 26.3 Å². The van der Waals surface area contributed by atoms with Crippen molar-refractivity contribution >= 4 is 33.2 Å². The van der Waals surface area contributed by atoms with E-state index in [0.717, 1.165) is 24.9 Å². The Morgan fingerprint density at radius 2 is 1.69 bits per heavy atom. The van der Waals surface area contributed by atoms with Gasteiger partial charge in [-0.1, -0.05) is 61.8 Å². The summed E-state index contributed by atoms with van der Waals surface area (Å²) >= 11 is 6.40. The lowest BCUT2D eigenvalue weighted by atomic mass is 10.0. The Hall–Kier alpha value is -2.09. The first-order chi connectivity index (χ1) is 13.7. The molecule has 2 rings (SSSR count). The number of benzene rings is 2. The summed E-state index contributed by atoms with van der Waals surface area (Å²) in [6, 6.07) is 14.5. The average Bonchev–Trinajstić information content (AvgIpc) is 2.66. The number of amides is 1. The van der Waals surface area contributed by atoms with Crippen LogP contribution in [0.1, 0.15) is 31.0 Å². The molecule has 6 nitrogen and oxygen atoms in total. The van der Waals surface area contributed by atoms with Gasteiger partial charge in [0.15, 0.2) is 0 Å². The summed E-state index contributed by atoms with van der Waals surface area (Å²) in [5.41, 5.74) is 2.00. The van der Waals surface area contributed by atoms with E-state index in [4.69, 9.17) is 11.6 Å². The van der Waals surface area contributed by atoms with Crippen LogP contribution in [0.2, 0.25) is 5.02 Å². The third-order valence-electron chi connectivity index (χ3n) is 4.67. The van der Waals surface area contributed by atoms with Crippen molar-refractivity contribution in [1.29, 1.82) is 0 Å². The molecule has 0 aliphatic heterocycles. The van der Waals surface area contributed by atoms with E-state index in [9.17, 15) is 13.2 Å². The van der Waals surface area contributed by atoms with Crippen LogP contribution >= 0.6 is 11.6 Å². The normalized spacial score (nSPS) is 12.6. The van der Waals surface area contributed by atoms with Crippen LogP contribution in [0.25, 0.3) is 0 Å². The molecule has 8 heteroatoms. The minimum Gasteiger partial charge on any atom is -0.354 e. The number of sulfonamides is 1. The molecule has 2 aromatic rings. The molecule has 1 unspecified atom stereocenters. The van der Waals surface area contributed by atoms with Gasteiger partial charge in [-0.05, 0) is 36.3 Å². The minimum absolute atomic E-state index is 0.0490. The van der Waals surface area contributed by atoms with Gasteiger partial charge in [-0.15, -0.1) is 0 Å². The zero-order valence-corrected chi connectivity index (χ0v) is 18.6. The number of hydrogen-bond donors (Lipinski definition) is 2. The van der Waals surface area contributed by atoms with Gasteiger partial charge < -0.3 is 5.32 Å². The lowest BCUT2D eigenvalue weighted by Gasteiger charge is -2.31. The smallest absolute Gasteiger partial charge is 0.229 e. The van der Waals surface area contributed by atoms with Crippen molar-refractivity contribution < 1.29 is 13.2 Å². The van der Waals surface area contributed by atoms with Gasteiger partial charge in [-0.25, -0.2) is 8.42 Å². The highest BCUT2D eigenvalue weighted by molar-refractivity contribution is 7.92. The van der Waals surface area contributed by atoms with Crippen LogP contribution < -0.4 is 10.0 Å². The van der Waals surface area contributed by atoms with Crippen molar-refractivity contribution in [2.75, 3.05) is 30.6 Å². The van der Waals surface area contributed by atoms with E-state index in [1.807, 2.05) is 24.3 Å². The molecule has 0 saturated carbocycles. The number of carbonyl (C=O) groups excluding carboxylic acids is 1. The Kier molecular flexibility index (Phi) is 8.49. The van der Waals surface area contributed by atoms with E-state index in [0.29, 0.717) is 22.8 Å². The number of halogens is 1. The maximum atomic E-state index is 12.6. The average molecular weight is 438 g/mol. The monoisotopic (exact) mass is 437 g/mol. The molecule has 0 heterocycles. The zero-order valence-electron chi connectivity index (χ0n) is 17.0. The van der Waals surface area contributed by atoms with Gasteiger partial charge in [0.05, 0.1) is 24.4 Å². The number of nitrogens with zero attached hydrogens (tertiary/aromatic N) is 1. The fourth-order valence-electron chi connectivity index (χ4n) is 3.27. The Bertz CT molecular complexity index is 930. The first kappa shape index (κ1) is 23.2. The first-order valence-corrected chi connectivity index (χ1v) is 11.8. The van der Waals surface area contributed by atoms with Crippen LogP contribution in [0.5, 0.6) is 0 Å². The minimum atomic E-state index is -3.42. The van der Waals surface area contributed by atoms with Gasteiger partial charge in [0.1, 0.15) is 0 Å². The Balaban J connectivity index is 2.12. The molecular formula is C21H28ClN3O3S. The molecule has 158 valence electrons. The predicted octanol–water partition coefficient (Wildman–Crippen LogP) is 3.45. The molecular weight excluding hydrogens is 410 g/mol. The second kappa shape index (κ2) is 10.6. The summed E-state index contributed by atoms with van der Waals surface area (Å²) in [5.74, 6) is -0.183. The van der Waals surface area contributed by atoms with Gasteiger partial charge in [0.25, 0.3) is 0 Å². The Morgan fingerprint density at radius 1 is 1.07 bits per heavy atom. The molecule has 0 radical (unpaired) electrons. The number of hydrogen-bond acceptors (Lipinski definition) is 4. The van der Waals surface area contributed by atoms with E-state index in [1.54, 1.807) is 24.3 Å². The van der Waals surface area contributed by atoms with Crippen molar-refractivity contribution in [3.8, 4) is 0 Å². The molecule has 0 aliphatic rings. The number of para-hydroxylation sites is 1. The van der Waals surface area contributed by atoms with Crippen molar-refractivity contribution in [3.63, 3.8) is 0 Å². The van der Waals surface area contributed by atoms with Gasteiger partial charge in [-0.3, -0.25) is 14.4 Å². The maximum Gasteiger partial charge on any atom is 0.229 e. The molecule has 1 amide bonds. The van der Waals surface area contributed by atoms with Crippen LogP contribution in [0.4, 0.5) is 5.69 Å². The van der Waals surface area contributed by atoms with Crippen LogP contribution in [0, 0.1) is 0 Å². The standard InChI is InChI=1S/C21H28ClN3O3S/c1-4-25(5-2)20(17-11-7-8-12-18(17)22)15-23-21(26)14-16-10-6-9-13-19(16)24-29(3,27)28/h6-13,20,24H,4-5,14-15H2,1-3H3,(H,23,26). The van der Waals surface area contributed by atoms with E-state index in [-0.39, 0.29) is 18.4 Å². The van der Waals surface area contributed by atoms with E-state index in [1.165, 1.54) is 0 Å². The second-order valence-corrected chi connectivity index (χ2v) is 8.93. The number of carbonyl (C=O) groups is 1. The van der Waals surface area contributed by atoms with Crippen LogP contribution in [0.3, 0.4) is 0 Å². The number of nitrogens with one attached hydrogen (secondary N) is 2. The van der Waals surface area contributed by atoms with Crippen molar-refractivity contribution in [2.24, 2.45) is 0 Å². The van der Waals surface area contributed by atoms with Crippen LogP contribution in [0.15, 0.2) is 48.5 Å². The second-order valence-electron chi connectivity index (χ2n) is 6.77. The summed E-state index contributed by atoms with van der Waals surface area (Å²) in [5, 5.41) is 3.65. The quantitative estimate of drug-likeness (QED) is 0.596. The predicted molar refractivity (Wildman–Crippen MR) is 119 cm³/mol. The third kappa shape index (κ3) is 7.03. The number of rotatable bonds is 10. The fraction of sp³-hybridized carbons (Fsp3) is 0.381. The molecule has 0 bridgehead atoms. The SMILES string of the molecule is CCN(CC)C(CNC(=O)Cc1ccccc1NS(C)(=O)=O)c1ccccc1Cl. The molecule has 29 heavy (non-hydrogen) atoms.